The standard InChI is InChI=1S/C17H20N2O4/c1-19-7-6-16-13-9-2-3-11(20)14(13)23-15(16)10(18-22)4-5-17(16,21)12(19)8-9/h2-3,12,15,20-22H,4-8H2,1H3. The third-order valence-electron chi connectivity index (χ3n) is 6.67. The van der Waals surface area contributed by atoms with Crippen LogP contribution in [0.25, 0.3) is 0 Å². The summed E-state index contributed by atoms with van der Waals surface area (Å²) in [6, 6.07) is 3.63. The number of piperidine rings is 1. The molecule has 6 nitrogen and oxygen atoms in total. The highest BCUT2D eigenvalue weighted by atomic mass is 16.5. The number of aromatic hydroxyl groups is 1. The van der Waals surface area contributed by atoms with Crippen molar-refractivity contribution < 1.29 is 20.2 Å². The van der Waals surface area contributed by atoms with Gasteiger partial charge in [0.1, 0.15) is 0 Å². The van der Waals surface area contributed by atoms with Crippen LogP contribution in [0.15, 0.2) is 17.3 Å². The van der Waals surface area contributed by atoms with Crippen molar-refractivity contribution in [3.63, 3.8) is 0 Å². The van der Waals surface area contributed by atoms with Crippen molar-refractivity contribution in [1.29, 1.82) is 0 Å². The number of likely N-dealkylation sites (N-methyl/N-ethyl adjacent to an activating group) is 1. The molecule has 1 saturated carbocycles. The van der Waals surface area contributed by atoms with Gasteiger partial charge in [0.25, 0.3) is 0 Å². The molecule has 0 amide bonds. The maximum absolute atomic E-state index is 11.7. The zero-order valence-corrected chi connectivity index (χ0v) is 13.0. The van der Waals surface area contributed by atoms with E-state index in [-0.39, 0.29) is 11.8 Å². The number of likely N-dealkylation sites (tertiary alicyclic amines) is 1. The van der Waals surface area contributed by atoms with E-state index < -0.39 is 17.1 Å². The topological polar surface area (TPSA) is 85.5 Å². The quantitative estimate of drug-likeness (QED) is 0.491. The highest BCUT2D eigenvalue weighted by Gasteiger charge is 2.72. The number of aliphatic hydroxyl groups is 1. The van der Waals surface area contributed by atoms with E-state index in [1.54, 1.807) is 6.07 Å². The van der Waals surface area contributed by atoms with Crippen LogP contribution in [0.5, 0.6) is 11.5 Å². The number of ether oxygens (including phenoxy) is 1. The van der Waals surface area contributed by atoms with E-state index >= 15 is 0 Å². The van der Waals surface area contributed by atoms with Gasteiger partial charge < -0.3 is 25.1 Å². The Morgan fingerprint density at radius 2 is 2.17 bits per heavy atom. The van der Waals surface area contributed by atoms with E-state index in [1.165, 1.54) is 0 Å². The van der Waals surface area contributed by atoms with E-state index in [0.717, 1.165) is 30.5 Å². The predicted molar refractivity (Wildman–Crippen MR) is 82.3 cm³/mol. The molecule has 3 N–H and O–H groups in total. The molecule has 2 bridgehead atoms. The first kappa shape index (κ1) is 13.6. The minimum atomic E-state index is -0.926. The predicted octanol–water partition coefficient (Wildman–Crippen LogP) is 1.01. The van der Waals surface area contributed by atoms with Crippen molar-refractivity contribution in [2.75, 3.05) is 13.6 Å². The van der Waals surface area contributed by atoms with Gasteiger partial charge in [-0.05, 0) is 50.9 Å². The summed E-state index contributed by atoms with van der Waals surface area (Å²) in [4.78, 5) is 2.23. The van der Waals surface area contributed by atoms with E-state index in [4.69, 9.17) is 4.74 Å². The Balaban J connectivity index is 1.86. The highest BCUT2D eigenvalue weighted by molar-refractivity contribution is 5.94. The Kier molecular flexibility index (Phi) is 2.37. The van der Waals surface area contributed by atoms with Crippen LogP contribution in [0.2, 0.25) is 0 Å². The van der Waals surface area contributed by atoms with E-state index in [2.05, 4.69) is 17.1 Å². The Morgan fingerprint density at radius 3 is 2.96 bits per heavy atom. The van der Waals surface area contributed by atoms with Crippen LogP contribution >= 0.6 is 0 Å². The fraction of sp³-hybridized carbons (Fsp3) is 0.588. The average molecular weight is 316 g/mol. The Morgan fingerprint density at radius 1 is 1.35 bits per heavy atom. The molecule has 1 spiro atoms. The largest absolute Gasteiger partial charge is 0.504 e. The average Bonchev–Trinajstić information content (AvgIpc) is 2.89. The number of phenols is 1. The minimum absolute atomic E-state index is 0.0191. The lowest BCUT2D eigenvalue weighted by Crippen LogP contribution is -2.76. The van der Waals surface area contributed by atoms with Crippen LogP contribution in [-0.2, 0) is 11.8 Å². The van der Waals surface area contributed by atoms with Gasteiger partial charge in [0.2, 0.25) is 0 Å². The molecule has 122 valence electrons. The molecule has 0 aromatic heterocycles. The van der Waals surface area contributed by atoms with Crippen LogP contribution in [0.4, 0.5) is 0 Å². The Bertz CT molecular complexity index is 748. The molecule has 6 heteroatoms. The van der Waals surface area contributed by atoms with Gasteiger partial charge in [-0.1, -0.05) is 11.2 Å². The monoisotopic (exact) mass is 316 g/mol. The van der Waals surface area contributed by atoms with E-state index in [1.807, 2.05) is 6.07 Å². The number of nitrogens with zero attached hydrogens (tertiary/aromatic N) is 2. The van der Waals surface area contributed by atoms with Crippen LogP contribution in [0.3, 0.4) is 0 Å². The van der Waals surface area contributed by atoms with Crippen molar-refractivity contribution >= 4 is 5.71 Å². The number of rotatable bonds is 0. The first-order valence-electron chi connectivity index (χ1n) is 8.18. The second-order valence-corrected chi connectivity index (χ2v) is 7.38. The van der Waals surface area contributed by atoms with Gasteiger partial charge in [-0.3, -0.25) is 0 Å². The summed E-state index contributed by atoms with van der Waals surface area (Å²) in [6.07, 6.45) is 2.04. The first-order valence-corrected chi connectivity index (χ1v) is 8.18. The van der Waals surface area contributed by atoms with Crippen LogP contribution in [0, 0.1) is 0 Å². The van der Waals surface area contributed by atoms with Gasteiger partial charge in [0.05, 0.1) is 16.7 Å². The third-order valence-corrected chi connectivity index (χ3v) is 6.67. The molecule has 2 aliphatic heterocycles. The van der Waals surface area contributed by atoms with Gasteiger partial charge in [-0.15, -0.1) is 0 Å². The molecular formula is C17H20N2O4. The number of oxime groups is 1. The van der Waals surface area contributed by atoms with Crippen molar-refractivity contribution in [1.82, 2.24) is 4.90 Å². The first-order chi connectivity index (χ1) is 11.0. The van der Waals surface area contributed by atoms with Crippen LogP contribution in [-0.4, -0.2) is 57.4 Å². The SMILES string of the molecule is CN1CCC23c4c5ccc(O)c4OC2C(=NO)CCC3(O)C1C5. The highest BCUT2D eigenvalue weighted by Crippen LogP contribution is 2.64. The van der Waals surface area contributed by atoms with Crippen LogP contribution in [0.1, 0.15) is 30.4 Å². The molecule has 4 aliphatic rings. The summed E-state index contributed by atoms with van der Waals surface area (Å²) in [5.41, 5.74) is 1.09. The summed E-state index contributed by atoms with van der Waals surface area (Å²) in [5, 5.41) is 34.9. The molecular weight excluding hydrogens is 296 g/mol. The summed E-state index contributed by atoms with van der Waals surface area (Å²) in [6.45, 7) is 0.847. The van der Waals surface area contributed by atoms with Gasteiger partial charge in [0.15, 0.2) is 17.6 Å². The zero-order valence-electron chi connectivity index (χ0n) is 13.0. The van der Waals surface area contributed by atoms with Crippen molar-refractivity contribution in [3.8, 4) is 11.5 Å². The summed E-state index contributed by atoms with van der Waals surface area (Å²) < 4.78 is 6.09. The number of hydrogen-bond acceptors (Lipinski definition) is 6. The Labute approximate surface area is 134 Å². The minimum Gasteiger partial charge on any atom is -0.504 e. The summed E-state index contributed by atoms with van der Waals surface area (Å²) in [7, 11) is 2.06. The molecule has 4 atom stereocenters. The van der Waals surface area contributed by atoms with Gasteiger partial charge >= 0.3 is 0 Å². The van der Waals surface area contributed by atoms with Gasteiger partial charge in [0, 0.05) is 11.6 Å². The second-order valence-electron chi connectivity index (χ2n) is 7.38. The fourth-order valence-corrected chi connectivity index (χ4v) is 5.65. The molecule has 23 heavy (non-hydrogen) atoms. The van der Waals surface area contributed by atoms with Crippen molar-refractivity contribution in [2.45, 2.75) is 48.8 Å². The number of benzene rings is 1. The smallest absolute Gasteiger partial charge is 0.166 e. The molecule has 1 aromatic rings. The summed E-state index contributed by atoms with van der Waals surface area (Å²) in [5.74, 6) is 0.571. The fourth-order valence-electron chi connectivity index (χ4n) is 5.65. The van der Waals surface area contributed by atoms with E-state index in [9.17, 15) is 15.4 Å². The lowest BCUT2D eigenvalue weighted by atomic mass is 9.49. The Hall–Kier alpha value is -1.79. The molecule has 5 rings (SSSR count). The van der Waals surface area contributed by atoms with Crippen molar-refractivity contribution in [3.05, 3.63) is 23.3 Å². The molecule has 2 heterocycles. The molecule has 2 fully saturated rings. The molecule has 1 aromatic carbocycles. The van der Waals surface area contributed by atoms with E-state index in [0.29, 0.717) is 24.3 Å². The third kappa shape index (κ3) is 1.29. The van der Waals surface area contributed by atoms with Crippen molar-refractivity contribution in [2.24, 2.45) is 5.16 Å². The molecule has 0 radical (unpaired) electrons. The zero-order chi connectivity index (χ0) is 16.0. The second kappa shape index (κ2) is 3.99. The maximum Gasteiger partial charge on any atom is 0.166 e. The normalized spacial score (nSPS) is 42.4. The molecule has 1 saturated heterocycles. The number of hydrogen-bond donors (Lipinski definition) is 3. The maximum atomic E-state index is 11.7. The summed E-state index contributed by atoms with van der Waals surface area (Å²) >= 11 is 0. The molecule has 4 unspecified atom stereocenters. The molecule has 2 aliphatic carbocycles. The lowest BCUT2D eigenvalue weighted by molar-refractivity contribution is -0.161. The number of phenolic OH excluding ortho intramolecular Hbond substituents is 1. The van der Waals surface area contributed by atoms with Gasteiger partial charge in [-0.2, -0.15) is 0 Å². The van der Waals surface area contributed by atoms with Crippen LogP contribution < -0.4 is 4.74 Å². The van der Waals surface area contributed by atoms with Gasteiger partial charge in [-0.25, -0.2) is 0 Å². The lowest BCUT2D eigenvalue weighted by Gasteiger charge is -2.62.